The first-order valence-electron chi connectivity index (χ1n) is 6.45. The molecule has 0 saturated carbocycles. The SMILES string of the molecule is CC(C)c1ccc(-c2nc3sccn3c2CN)cc1. The fourth-order valence-electron chi connectivity index (χ4n) is 2.28. The number of thiazole rings is 1. The molecule has 0 saturated heterocycles. The molecule has 98 valence electrons. The van der Waals surface area contributed by atoms with E-state index < -0.39 is 0 Å². The molecular weight excluding hydrogens is 254 g/mol. The van der Waals surface area contributed by atoms with Crippen LogP contribution in [0.1, 0.15) is 31.0 Å². The summed E-state index contributed by atoms with van der Waals surface area (Å²) in [5.74, 6) is 0.550. The van der Waals surface area contributed by atoms with Crippen LogP contribution in [0.2, 0.25) is 0 Å². The Balaban J connectivity index is 2.10. The van der Waals surface area contributed by atoms with Crippen LogP contribution in [0.3, 0.4) is 0 Å². The van der Waals surface area contributed by atoms with Crippen LogP contribution in [-0.2, 0) is 6.54 Å². The summed E-state index contributed by atoms with van der Waals surface area (Å²) in [5.41, 5.74) is 10.4. The quantitative estimate of drug-likeness (QED) is 0.790. The average Bonchev–Trinajstić information content (AvgIpc) is 2.98. The lowest BCUT2D eigenvalue weighted by Crippen LogP contribution is -2.01. The van der Waals surface area contributed by atoms with E-state index in [-0.39, 0.29) is 0 Å². The summed E-state index contributed by atoms with van der Waals surface area (Å²) in [6, 6.07) is 8.63. The van der Waals surface area contributed by atoms with Gasteiger partial charge in [-0.25, -0.2) is 4.98 Å². The third-order valence-corrected chi connectivity index (χ3v) is 4.16. The zero-order valence-corrected chi connectivity index (χ0v) is 11.9. The van der Waals surface area contributed by atoms with Crippen LogP contribution < -0.4 is 5.73 Å². The normalized spacial score (nSPS) is 11.6. The topological polar surface area (TPSA) is 43.3 Å². The van der Waals surface area contributed by atoms with Crippen molar-refractivity contribution in [2.75, 3.05) is 0 Å². The lowest BCUT2D eigenvalue weighted by Gasteiger charge is -2.06. The van der Waals surface area contributed by atoms with E-state index in [0.29, 0.717) is 12.5 Å². The molecule has 3 aromatic rings. The molecule has 0 amide bonds. The lowest BCUT2D eigenvalue weighted by atomic mass is 10.0. The molecule has 0 bridgehead atoms. The van der Waals surface area contributed by atoms with E-state index in [1.165, 1.54) is 5.56 Å². The number of benzene rings is 1. The third kappa shape index (κ3) is 2.07. The number of imidazole rings is 1. The van der Waals surface area contributed by atoms with Gasteiger partial charge in [0, 0.05) is 23.7 Å². The Labute approximate surface area is 116 Å². The van der Waals surface area contributed by atoms with Gasteiger partial charge in [-0.05, 0) is 11.5 Å². The van der Waals surface area contributed by atoms with Crippen LogP contribution in [0.5, 0.6) is 0 Å². The van der Waals surface area contributed by atoms with Crippen molar-refractivity contribution < 1.29 is 0 Å². The van der Waals surface area contributed by atoms with Gasteiger partial charge >= 0.3 is 0 Å². The highest BCUT2D eigenvalue weighted by Gasteiger charge is 2.13. The molecule has 3 rings (SSSR count). The predicted molar refractivity (Wildman–Crippen MR) is 80.5 cm³/mol. The van der Waals surface area contributed by atoms with Crippen molar-refractivity contribution in [3.8, 4) is 11.3 Å². The molecule has 0 aliphatic heterocycles. The molecule has 4 heteroatoms. The molecule has 0 radical (unpaired) electrons. The highest BCUT2D eigenvalue weighted by Crippen LogP contribution is 2.27. The van der Waals surface area contributed by atoms with E-state index in [2.05, 4.69) is 47.5 Å². The van der Waals surface area contributed by atoms with Gasteiger partial charge in [0.05, 0.1) is 11.4 Å². The average molecular weight is 271 g/mol. The Hall–Kier alpha value is -1.65. The van der Waals surface area contributed by atoms with E-state index in [1.54, 1.807) is 11.3 Å². The smallest absolute Gasteiger partial charge is 0.194 e. The second kappa shape index (κ2) is 4.79. The van der Waals surface area contributed by atoms with E-state index in [0.717, 1.165) is 21.9 Å². The summed E-state index contributed by atoms with van der Waals surface area (Å²) in [4.78, 5) is 5.69. The minimum Gasteiger partial charge on any atom is -0.325 e. The number of nitrogens with two attached hydrogens (primary N) is 1. The molecule has 0 spiro atoms. The standard InChI is InChI=1S/C15H17N3S/c1-10(2)11-3-5-12(6-4-11)14-13(9-16)18-7-8-19-15(18)17-14/h3-8,10H,9,16H2,1-2H3. The summed E-state index contributed by atoms with van der Waals surface area (Å²) in [6.07, 6.45) is 2.03. The van der Waals surface area contributed by atoms with E-state index in [4.69, 9.17) is 5.73 Å². The molecule has 0 unspecified atom stereocenters. The number of hydrogen-bond acceptors (Lipinski definition) is 3. The fraction of sp³-hybridized carbons (Fsp3) is 0.267. The zero-order valence-electron chi connectivity index (χ0n) is 11.1. The number of hydrogen-bond donors (Lipinski definition) is 1. The molecule has 19 heavy (non-hydrogen) atoms. The summed E-state index contributed by atoms with van der Waals surface area (Å²) in [7, 11) is 0. The molecule has 0 atom stereocenters. The second-order valence-electron chi connectivity index (χ2n) is 4.94. The Morgan fingerprint density at radius 1 is 1.26 bits per heavy atom. The first-order valence-corrected chi connectivity index (χ1v) is 7.33. The van der Waals surface area contributed by atoms with Crippen molar-refractivity contribution in [2.45, 2.75) is 26.3 Å². The summed E-state index contributed by atoms with van der Waals surface area (Å²) < 4.78 is 2.08. The monoisotopic (exact) mass is 271 g/mol. The highest BCUT2D eigenvalue weighted by atomic mass is 32.1. The predicted octanol–water partition coefficient (Wildman–Crippen LogP) is 3.64. The van der Waals surface area contributed by atoms with Gasteiger partial charge in [-0.3, -0.25) is 4.40 Å². The summed E-state index contributed by atoms with van der Waals surface area (Å²) in [5, 5.41) is 2.03. The molecule has 0 aliphatic rings. The number of rotatable bonds is 3. The number of nitrogens with zero attached hydrogens (tertiary/aromatic N) is 2. The lowest BCUT2D eigenvalue weighted by molar-refractivity contribution is 0.867. The van der Waals surface area contributed by atoms with Gasteiger partial charge in [0.2, 0.25) is 0 Å². The highest BCUT2D eigenvalue weighted by molar-refractivity contribution is 7.15. The van der Waals surface area contributed by atoms with Gasteiger partial charge in [0.1, 0.15) is 0 Å². The van der Waals surface area contributed by atoms with Gasteiger partial charge in [0.25, 0.3) is 0 Å². The van der Waals surface area contributed by atoms with Crippen molar-refractivity contribution in [2.24, 2.45) is 5.73 Å². The van der Waals surface area contributed by atoms with Crippen molar-refractivity contribution in [3.63, 3.8) is 0 Å². The molecule has 1 aromatic carbocycles. The van der Waals surface area contributed by atoms with Crippen LogP contribution in [-0.4, -0.2) is 9.38 Å². The summed E-state index contributed by atoms with van der Waals surface area (Å²) in [6.45, 7) is 4.90. The molecule has 2 N–H and O–H groups in total. The summed E-state index contributed by atoms with van der Waals surface area (Å²) >= 11 is 1.64. The van der Waals surface area contributed by atoms with Gasteiger partial charge in [-0.1, -0.05) is 38.1 Å². The van der Waals surface area contributed by atoms with Gasteiger partial charge in [0.15, 0.2) is 4.96 Å². The first kappa shape index (κ1) is 12.4. The van der Waals surface area contributed by atoms with Crippen molar-refractivity contribution in [3.05, 3.63) is 47.1 Å². The molecule has 2 heterocycles. The third-order valence-electron chi connectivity index (χ3n) is 3.41. The van der Waals surface area contributed by atoms with Gasteiger partial charge in [-0.2, -0.15) is 0 Å². The van der Waals surface area contributed by atoms with E-state index in [9.17, 15) is 0 Å². The zero-order chi connectivity index (χ0) is 13.4. The Kier molecular flexibility index (Phi) is 3.12. The van der Waals surface area contributed by atoms with Crippen LogP contribution in [0.4, 0.5) is 0 Å². The van der Waals surface area contributed by atoms with E-state index >= 15 is 0 Å². The van der Waals surface area contributed by atoms with Crippen LogP contribution in [0.15, 0.2) is 35.8 Å². The Morgan fingerprint density at radius 2 is 2.00 bits per heavy atom. The minimum atomic E-state index is 0.499. The fourth-order valence-corrected chi connectivity index (χ4v) is 3.02. The largest absolute Gasteiger partial charge is 0.325 e. The molecule has 0 fully saturated rings. The maximum absolute atomic E-state index is 5.88. The van der Waals surface area contributed by atoms with Crippen molar-refractivity contribution in [1.82, 2.24) is 9.38 Å². The molecule has 2 aromatic heterocycles. The van der Waals surface area contributed by atoms with Gasteiger partial charge < -0.3 is 5.73 Å². The van der Waals surface area contributed by atoms with E-state index in [1.807, 2.05) is 11.6 Å². The van der Waals surface area contributed by atoms with Crippen molar-refractivity contribution >= 4 is 16.3 Å². The minimum absolute atomic E-state index is 0.499. The number of aromatic nitrogens is 2. The number of fused-ring (bicyclic) bond motifs is 1. The Morgan fingerprint density at radius 3 is 2.63 bits per heavy atom. The molecular formula is C15H17N3S. The van der Waals surface area contributed by atoms with Crippen molar-refractivity contribution in [1.29, 1.82) is 0 Å². The van der Waals surface area contributed by atoms with Crippen LogP contribution in [0, 0.1) is 0 Å². The van der Waals surface area contributed by atoms with Gasteiger partial charge in [-0.15, -0.1) is 11.3 Å². The molecule has 0 aliphatic carbocycles. The second-order valence-corrected chi connectivity index (χ2v) is 5.82. The van der Waals surface area contributed by atoms with Crippen LogP contribution >= 0.6 is 11.3 Å². The maximum atomic E-state index is 5.88. The van der Waals surface area contributed by atoms with Crippen LogP contribution in [0.25, 0.3) is 16.2 Å². The molecule has 3 nitrogen and oxygen atoms in total. The maximum Gasteiger partial charge on any atom is 0.194 e. The Bertz CT molecular complexity index is 692. The first-order chi connectivity index (χ1) is 9.20.